The quantitative estimate of drug-likeness (QED) is 0.922. The average Bonchev–Trinajstić information content (AvgIpc) is 2.32. The Balaban J connectivity index is 3.54. The van der Waals surface area contributed by atoms with Gasteiger partial charge in [0, 0.05) is 23.5 Å². The Hall–Kier alpha value is -1.43. The van der Waals surface area contributed by atoms with E-state index in [0.29, 0.717) is 4.47 Å². The molecule has 6 heteroatoms. The highest BCUT2D eigenvalue weighted by Gasteiger charge is 2.44. The molecule has 0 aliphatic rings. The van der Waals surface area contributed by atoms with Gasteiger partial charge in [0.15, 0.2) is 5.54 Å². The number of carbonyl (C=O) groups is 2. The summed E-state index contributed by atoms with van der Waals surface area (Å²) < 4.78 is 14.5. The minimum absolute atomic E-state index is 0.0496. The van der Waals surface area contributed by atoms with E-state index < -0.39 is 23.2 Å². The first-order valence-corrected chi connectivity index (χ1v) is 6.51. The molecule has 1 rings (SSSR count). The Morgan fingerprint density at radius 2 is 2.05 bits per heavy atom. The fraction of sp³-hybridized carbons (Fsp3) is 0.385. The molecule has 1 amide bonds. The first-order chi connectivity index (χ1) is 8.75. The second kappa shape index (κ2) is 5.69. The fourth-order valence-corrected chi connectivity index (χ4v) is 2.46. The number of carbonyl (C=O) groups excluding carboxylic acids is 1. The Morgan fingerprint density at radius 3 is 2.47 bits per heavy atom. The molecule has 104 valence electrons. The topological polar surface area (TPSA) is 57.6 Å². The van der Waals surface area contributed by atoms with E-state index in [0.717, 1.165) is 4.90 Å². The molecule has 4 nitrogen and oxygen atoms in total. The monoisotopic (exact) mass is 331 g/mol. The number of nitrogens with zero attached hydrogens (tertiary/aromatic N) is 1. The lowest BCUT2D eigenvalue weighted by molar-refractivity contribution is -0.158. The molecule has 19 heavy (non-hydrogen) atoms. The maximum absolute atomic E-state index is 14.0. The smallest absolute Gasteiger partial charge is 0.334 e. The van der Waals surface area contributed by atoms with Crippen LogP contribution in [0.15, 0.2) is 22.7 Å². The first kappa shape index (κ1) is 15.6. The van der Waals surface area contributed by atoms with Crippen molar-refractivity contribution in [3.8, 4) is 0 Å². The van der Waals surface area contributed by atoms with Crippen LogP contribution < -0.4 is 0 Å². The Labute approximate surface area is 119 Å². The summed E-state index contributed by atoms with van der Waals surface area (Å²) in [7, 11) is 0. The van der Waals surface area contributed by atoms with Crippen LogP contribution in [-0.2, 0) is 15.1 Å². The number of hydrogen-bond acceptors (Lipinski definition) is 2. The molecule has 1 unspecified atom stereocenters. The van der Waals surface area contributed by atoms with Crippen LogP contribution in [0.25, 0.3) is 0 Å². The molecule has 0 bridgehead atoms. The van der Waals surface area contributed by atoms with Gasteiger partial charge in [0.25, 0.3) is 0 Å². The van der Waals surface area contributed by atoms with Crippen molar-refractivity contribution >= 4 is 27.8 Å². The average molecular weight is 332 g/mol. The zero-order chi connectivity index (χ0) is 14.8. The van der Waals surface area contributed by atoms with Crippen LogP contribution in [0, 0.1) is 5.82 Å². The summed E-state index contributed by atoms with van der Waals surface area (Å²) in [5, 5.41) is 9.48. The van der Waals surface area contributed by atoms with Crippen molar-refractivity contribution in [1.29, 1.82) is 0 Å². The van der Waals surface area contributed by atoms with Crippen molar-refractivity contribution in [3.63, 3.8) is 0 Å². The van der Waals surface area contributed by atoms with Crippen LogP contribution in [0.5, 0.6) is 0 Å². The van der Waals surface area contributed by atoms with Gasteiger partial charge < -0.3 is 10.0 Å². The van der Waals surface area contributed by atoms with Crippen molar-refractivity contribution in [2.75, 3.05) is 6.54 Å². The van der Waals surface area contributed by atoms with Gasteiger partial charge in [-0.3, -0.25) is 4.79 Å². The predicted octanol–water partition coefficient (Wildman–Crippen LogP) is 2.76. The van der Waals surface area contributed by atoms with E-state index in [9.17, 15) is 19.1 Å². The summed E-state index contributed by atoms with van der Waals surface area (Å²) in [5.41, 5.74) is -1.79. The number of halogens is 2. The minimum Gasteiger partial charge on any atom is -0.479 e. The molecule has 0 aliphatic heterocycles. The summed E-state index contributed by atoms with van der Waals surface area (Å²) in [6.07, 6.45) is 0. The number of likely N-dealkylation sites (N-methyl/N-ethyl adjacent to an activating group) is 1. The lowest BCUT2D eigenvalue weighted by Gasteiger charge is -2.37. The number of aliphatic carboxylic acids is 1. The van der Waals surface area contributed by atoms with Crippen molar-refractivity contribution in [2.24, 2.45) is 0 Å². The molecule has 0 fully saturated rings. The highest BCUT2D eigenvalue weighted by Crippen LogP contribution is 2.32. The van der Waals surface area contributed by atoms with Gasteiger partial charge in [-0.05, 0) is 32.0 Å². The van der Waals surface area contributed by atoms with E-state index in [1.165, 1.54) is 32.0 Å². The third-order valence-corrected chi connectivity index (χ3v) is 3.60. The van der Waals surface area contributed by atoms with Gasteiger partial charge in [0.05, 0.1) is 0 Å². The molecule has 0 heterocycles. The van der Waals surface area contributed by atoms with Crippen LogP contribution in [0.2, 0.25) is 0 Å². The number of hydrogen-bond donors (Lipinski definition) is 1. The second-order valence-corrected chi connectivity index (χ2v) is 5.18. The SMILES string of the molecule is CCN(C(C)=O)C(C)(C(=O)O)c1cc(Br)ccc1F. The van der Waals surface area contributed by atoms with Gasteiger partial charge in [-0.2, -0.15) is 0 Å². The summed E-state index contributed by atoms with van der Waals surface area (Å²) in [5.74, 6) is -2.36. The van der Waals surface area contributed by atoms with E-state index in [2.05, 4.69) is 15.9 Å². The van der Waals surface area contributed by atoms with Gasteiger partial charge in [-0.15, -0.1) is 0 Å². The largest absolute Gasteiger partial charge is 0.479 e. The van der Waals surface area contributed by atoms with E-state index in [1.54, 1.807) is 6.92 Å². The van der Waals surface area contributed by atoms with Crippen molar-refractivity contribution in [3.05, 3.63) is 34.1 Å². The molecule has 1 aromatic rings. The minimum atomic E-state index is -1.74. The van der Waals surface area contributed by atoms with E-state index in [-0.39, 0.29) is 12.1 Å². The van der Waals surface area contributed by atoms with Crippen molar-refractivity contribution in [2.45, 2.75) is 26.3 Å². The number of rotatable bonds is 4. The summed E-state index contributed by atoms with van der Waals surface area (Å²) in [4.78, 5) is 24.4. The summed E-state index contributed by atoms with van der Waals surface area (Å²) in [6.45, 7) is 4.41. The molecule has 0 spiro atoms. The maximum atomic E-state index is 14.0. The maximum Gasteiger partial charge on any atom is 0.334 e. The Bertz CT molecular complexity index is 521. The standard InChI is InChI=1S/C13H15BrFNO3/c1-4-16(8(2)17)13(3,12(18)19)10-7-9(14)5-6-11(10)15/h5-7H,4H2,1-3H3,(H,18,19). The molecule has 1 N–H and O–H groups in total. The Morgan fingerprint density at radius 1 is 1.47 bits per heavy atom. The molecule has 1 atom stereocenters. The molecular formula is C13H15BrFNO3. The molecule has 0 aromatic heterocycles. The zero-order valence-corrected chi connectivity index (χ0v) is 12.5. The number of carboxylic acid groups (broad SMARTS) is 1. The number of benzene rings is 1. The van der Waals surface area contributed by atoms with E-state index in [4.69, 9.17) is 0 Å². The highest BCUT2D eigenvalue weighted by atomic mass is 79.9. The van der Waals surface area contributed by atoms with Crippen molar-refractivity contribution < 1.29 is 19.1 Å². The van der Waals surface area contributed by atoms with Gasteiger partial charge >= 0.3 is 5.97 Å². The van der Waals surface area contributed by atoms with Crippen LogP contribution >= 0.6 is 15.9 Å². The molecule has 1 aromatic carbocycles. The van der Waals surface area contributed by atoms with E-state index >= 15 is 0 Å². The Kier molecular flexibility index (Phi) is 4.68. The normalized spacial score (nSPS) is 13.7. The second-order valence-electron chi connectivity index (χ2n) is 4.26. The van der Waals surface area contributed by atoms with Gasteiger partial charge in [0.1, 0.15) is 5.82 Å². The lowest BCUT2D eigenvalue weighted by atomic mass is 9.89. The third kappa shape index (κ3) is 2.78. The molecule has 0 radical (unpaired) electrons. The van der Waals surface area contributed by atoms with Crippen LogP contribution in [0.4, 0.5) is 4.39 Å². The zero-order valence-electron chi connectivity index (χ0n) is 10.9. The fourth-order valence-electron chi connectivity index (χ4n) is 2.10. The highest BCUT2D eigenvalue weighted by molar-refractivity contribution is 9.10. The molecule has 0 aliphatic carbocycles. The van der Waals surface area contributed by atoms with Gasteiger partial charge in [0.2, 0.25) is 5.91 Å². The molecular weight excluding hydrogens is 317 g/mol. The van der Waals surface area contributed by atoms with Crippen LogP contribution in [0.3, 0.4) is 0 Å². The molecule has 0 saturated heterocycles. The number of amides is 1. The van der Waals surface area contributed by atoms with Crippen LogP contribution in [0.1, 0.15) is 26.3 Å². The summed E-state index contributed by atoms with van der Waals surface area (Å²) in [6, 6.07) is 4.04. The lowest BCUT2D eigenvalue weighted by Crippen LogP contribution is -2.52. The summed E-state index contributed by atoms with van der Waals surface area (Å²) >= 11 is 3.18. The van der Waals surface area contributed by atoms with Crippen molar-refractivity contribution in [1.82, 2.24) is 4.90 Å². The van der Waals surface area contributed by atoms with Crippen LogP contribution in [-0.4, -0.2) is 28.4 Å². The van der Waals surface area contributed by atoms with Gasteiger partial charge in [-0.1, -0.05) is 15.9 Å². The predicted molar refractivity (Wildman–Crippen MR) is 72.1 cm³/mol. The van der Waals surface area contributed by atoms with E-state index in [1.807, 2.05) is 0 Å². The molecule has 0 saturated carbocycles. The first-order valence-electron chi connectivity index (χ1n) is 5.72. The number of carboxylic acids is 1. The third-order valence-electron chi connectivity index (χ3n) is 3.11. The van der Waals surface area contributed by atoms with Gasteiger partial charge in [-0.25, -0.2) is 9.18 Å².